The number of halogens is 1. The molecule has 0 spiro atoms. The lowest BCUT2D eigenvalue weighted by atomic mass is 9.37. The summed E-state index contributed by atoms with van der Waals surface area (Å²) in [6.07, 6.45) is 14.0. The summed E-state index contributed by atoms with van der Waals surface area (Å²) in [6.45, 7) is 21.0. The Kier molecular flexibility index (Phi) is 12.5. The maximum absolute atomic E-state index is 14.1. The van der Waals surface area contributed by atoms with Crippen LogP contribution in [0.2, 0.25) is 5.02 Å². The Bertz CT molecular complexity index is 1740. The molecule has 0 radical (unpaired) electrons. The SMILES string of the molecule is CC(C)C1=C2C3CCC4C(C)(CCC5C(C)C(CC(=O)C6CC(C=O)C6C)CCC54C)C3CCC2(CCNCc2ccc(Cl)cc2OCCN2CCOCC2)CC1=O. The predicted octanol–water partition coefficient (Wildman–Crippen LogP) is 9.78. The normalized spacial score (nSPS) is 40.0. The van der Waals surface area contributed by atoms with Crippen molar-refractivity contribution >= 4 is 29.5 Å². The molecule has 1 aliphatic heterocycles. The quantitative estimate of drug-likeness (QED) is 0.148. The molecule has 5 saturated carbocycles. The fraction of sp³-hybridized carbons (Fsp3) is 0.780. The number of hydrogen-bond donors (Lipinski definition) is 1. The number of hydrogen-bond acceptors (Lipinski definition) is 7. The molecule has 8 heteroatoms. The molecule has 6 fully saturated rings. The van der Waals surface area contributed by atoms with Crippen LogP contribution in [0.3, 0.4) is 0 Å². The van der Waals surface area contributed by atoms with Crippen LogP contribution in [0.15, 0.2) is 29.3 Å². The zero-order valence-corrected chi connectivity index (χ0v) is 37.3. The molecule has 1 saturated heterocycles. The number of fused-ring (bicyclic) bond motifs is 7. The van der Waals surface area contributed by atoms with Gasteiger partial charge in [0.2, 0.25) is 0 Å². The Morgan fingerprint density at radius 2 is 1.76 bits per heavy atom. The second-order valence-electron chi connectivity index (χ2n) is 21.2. The van der Waals surface area contributed by atoms with Crippen LogP contribution in [-0.2, 0) is 25.7 Å². The maximum Gasteiger partial charge on any atom is 0.159 e. The molecule has 1 heterocycles. The third-order valence-corrected chi connectivity index (χ3v) is 18.5. The van der Waals surface area contributed by atoms with Crippen LogP contribution < -0.4 is 10.1 Å². The van der Waals surface area contributed by atoms with Crippen molar-refractivity contribution in [1.82, 2.24) is 10.2 Å². The van der Waals surface area contributed by atoms with Crippen LogP contribution in [0.5, 0.6) is 5.75 Å². The largest absolute Gasteiger partial charge is 0.492 e. The van der Waals surface area contributed by atoms with Crippen molar-refractivity contribution < 1.29 is 23.9 Å². The molecule has 1 N–H and O–H groups in total. The number of Topliss-reactive ketones (excluding diaryl/α,β-unsaturated/α-hetero) is 2. The average Bonchev–Trinajstić information content (AvgIpc) is 3.50. The first-order valence-corrected chi connectivity index (χ1v) is 23.8. The first kappa shape index (κ1) is 42.6. The number of morpholine rings is 1. The molecule has 0 aromatic heterocycles. The number of benzene rings is 1. The standard InChI is InChI=1S/C50H73ClN2O5/c1-31(2)46-43(56)28-50(17-18-52-29-35-7-8-37(51)27-44(35)58-24-21-53-19-22-57-23-20-53)16-13-41-38(47(46)50)9-10-45-48(5)14-11-34(33(4)40(48)12-15-49(41,45)6)26-42(55)39-25-36(30-54)32(39)3/h7-8,27,30-34,36,38-41,45,52H,9-26,28-29H2,1-6H3. The van der Waals surface area contributed by atoms with E-state index in [-0.39, 0.29) is 34.5 Å². The lowest BCUT2D eigenvalue weighted by Crippen LogP contribution is -2.60. The van der Waals surface area contributed by atoms with Crippen molar-refractivity contribution in [1.29, 1.82) is 0 Å². The predicted molar refractivity (Wildman–Crippen MR) is 231 cm³/mol. The zero-order chi connectivity index (χ0) is 41.0. The van der Waals surface area contributed by atoms with Crippen LogP contribution in [0.4, 0.5) is 0 Å². The first-order chi connectivity index (χ1) is 27.8. The van der Waals surface area contributed by atoms with Crippen molar-refractivity contribution in [2.24, 2.45) is 75.4 Å². The molecule has 320 valence electrons. The molecule has 0 amide bonds. The highest BCUT2D eigenvalue weighted by Gasteiger charge is 2.64. The second kappa shape index (κ2) is 17.0. The molecule has 1 aromatic rings. The Morgan fingerprint density at radius 3 is 2.50 bits per heavy atom. The monoisotopic (exact) mass is 817 g/mol. The summed E-state index contributed by atoms with van der Waals surface area (Å²) in [5.41, 5.74) is 4.43. The number of carbonyl (C=O) groups excluding carboxylic acids is 3. The van der Waals surface area contributed by atoms with Gasteiger partial charge in [-0.3, -0.25) is 14.5 Å². The van der Waals surface area contributed by atoms with Crippen molar-refractivity contribution in [3.05, 3.63) is 39.9 Å². The third-order valence-electron chi connectivity index (χ3n) is 18.3. The summed E-state index contributed by atoms with van der Waals surface area (Å²) in [5, 5.41) is 4.49. The summed E-state index contributed by atoms with van der Waals surface area (Å²) < 4.78 is 11.8. The molecule has 0 bridgehead atoms. The van der Waals surface area contributed by atoms with Gasteiger partial charge in [0.1, 0.15) is 24.4 Å². The van der Waals surface area contributed by atoms with Crippen molar-refractivity contribution in [3.8, 4) is 5.75 Å². The Labute approximate surface area is 354 Å². The summed E-state index contributed by atoms with van der Waals surface area (Å²) in [6, 6.07) is 5.99. The van der Waals surface area contributed by atoms with E-state index in [0.29, 0.717) is 83.5 Å². The molecule has 1 aromatic carbocycles. The van der Waals surface area contributed by atoms with Crippen molar-refractivity contribution in [2.75, 3.05) is 46.0 Å². The zero-order valence-electron chi connectivity index (χ0n) is 36.6. The van der Waals surface area contributed by atoms with Crippen LogP contribution >= 0.6 is 11.6 Å². The number of aldehydes is 1. The van der Waals surface area contributed by atoms with Crippen LogP contribution in [0.1, 0.15) is 124 Å². The van der Waals surface area contributed by atoms with Gasteiger partial charge in [-0.15, -0.1) is 0 Å². The molecule has 58 heavy (non-hydrogen) atoms. The van der Waals surface area contributed by atoms with E-state index in [1.807, 2.05) is 12.1 Å². The van der Waals surface area contributed by atoms with E-state index in [2.05, 4.69) is 57.8 Å². The number of rotatable bonds is 14. The molecule has 6 aliphatic carbocycles. The van der Waals surface area contributed by atoms with Gasteiger partial charge in [0.15, 0.2) is 5.78 Å². The lowest BCUT2D eigenvalue weighted by molar-refractivity contribution is -0.172. The number of carbonyl (C=O) groups is 3. The summed E-state index contributed by atoms with van der Waals surface area (Å²) in [5.74, 6) is 5.86. The Balaban J connectivity index is 0.932. The van der Waals surface area contributed by atoms with E-state index >= 15 is 0 Å². The van der Waals surface area contributed by atoms with Gasteiger partial charge in [-0.2, -0.15) is 0 Å². The van der Waals surface area contributed by atoms with E-state index in [9.17, 15) is 14.4 Å². The minimum atomic E-state index is -0.0323. The Morgan fingerprint density at radius 1 is 1.02 bits per heavy atom. The van der Waals surface area contributed by atoms with E-state index in [1.54, 1.807) is 5.57 Å². The molecular formula is C50H73ClN2O5. The smallest absolute Gasteiger partial charge is 0.159 e. The molecule has 12 unspecified atom stereocenters. The topological polar surface area (TPSA) is 84.9 Å². The van der Waals surface area contributed by atoms with Crippen LogP contribution in [0, 0.1) is 75.4 Å². The van der Waals surface area contributed by atoms with E-state index < -0.39 is 0 Å². The third kappa shape index (κ3) is 7.61. The van der Waals surface area contributed by atoms with Gasteiger partial charge in [-0.1, -0.05) is 64.8 Å². The van der Waals surface area contributed by atoms with Gasteiger partial charge in [0.25, 0.3) is 0 Å². The summed E-state index contributed by atoms with van der Waals surface area (Å²) in [7, 11) is 0. The molecule has 7 aliphatic rings. The fourth-order valence-electron chi connectivity index (χ4n) is 15.0. The number of ketones is 2. The highest BCUT2D eigenvalue weighted by molar-refractivity contribution is 6.30. The summed E-state index contributed by atoms with van der Waals surface area (Å²) in [4.78, 5) is 41.4. The number of nitrogens with one attached hydrogen (secondary N) is 1. The van der Waals surface area contributed by atoms with Gasteiger partial charge in [-0.25, -0.2) is 0 Å². The van der Waals surface area contributed by atoms with Crippen molar-refractivity contribution in [2.45, 2.75) is 125 Å². The minimum Gasteiger partial charge on any atom is -0.492 e. The van der Waals surface area contributed by atoms with E-state index in [1.165, 1.54) is 44.1 Å². The molecular weight excluding hydrogens is 744 g/mol. The van der Waals surface area contributed by atoms with E-state index in [4.69, 9.17) is 21.1 Å². The second-order valence-corrected chi connectivity index (χ2v) is 21.6. The number of ether oxygens (including phenoxy) is 2. The Hall–Kier alpha value is -2.06. The van der Waals surface area contributed by atoms with Gasteiger partial charge < -0.3 is 19.6 Å². The highest BCUT2D eigenvalue weighted by Crippen LogP contribution is 2.72. The van der Waals surface area contributed by atoms with Gasteiger partial charge in [-0.05, 0) is 147 Å². The lowest BCUT2D eigenvalue weighted by Gasteiger charge is -2.67. The van der Waals surface area contributed by atoms with Gasteiger partial charge in [0, 0.05) is 66.9 Å². The maximum atomic E-state index is 14.1. The molecule has 7 nitrogen and oxygen atoms in total. The first-order valence-electron chi connectivity index (χ1n) is 23.5. The van der Waals surface area contributed by atoms with Crippen LogP contribution in [0.25, 0.3) is 0 Å². The summed E-state index contributed by atoms with van der Waals surface area (Å²) >= 11 is 6.44. The van der Waals surface area contributed by atoms with Gasteiger partial charge >= 0.3 is 0 Å². The van der Waals surface area contributed by atoms with E-state index in [0.717, 1.165) is 82.7 Å². The number of allylic oxidation sites excluding steroid dienone is 2. The minimum absolute atomic E-state index is 0.0323. The molecule has 12 atom stereocenters. The highest BCUT2D eigenvalue weighted by atomic mass is 35.5. The molecule has 8 rings (SSSR count). The van der Waals surface area contributed by atoms with Crippen molar-refractivity contribution in [3.63, 3.8) is 0 Å². The van der Waals surface area contributed by atoms with Gasteiger partial charge in [0.05, 0.1) is 13.2 Å². The van der Waals surface area contributed by atoms with Crippen LogP contribution in [-0.4, -0.2) is 68.8 Å². The average molecular weight is 818 g/mol. The fourth-order valence-corrected chi connectivity index (χ4v) is 15.2. The number of nitrogens with zero attached hydrogens (tertiary/aromatic N) is 1.